The van der Waals surface area contributed by atoms with Gasteiger partial charge < -0.3 is 67.3 Å². The van der Waals surface area contributed by atoms with Crippen LogP contribution in [-0.2, 0) is 62.9 Å². The van der Waals surface area contributed by atoms with Crippen LogP contribution in [0.3, 0.4) is 0 Å². The summed E-state index contributed by atoms with van der Waals surface area (Å²) in [6, 6.07) is 66.4. The number of nitrogens with zero attached hydrogens (tertiary/aromatic N) is 19. The summed E-state index contributed by atoms with van der Waals surface area (Å²) in [5, 5.41) is 4.52. The van der Waals surface area contributed by atoms with Crippen LogP contribution < -0.4 is 29.4 Å². The zero-order valence-electron chi connectivity index (χ0n) is 76.2. The fraction of sp³-hybridized carbons (Fsp3) is 0.366. The van der Waals surface area contributed by atoms with Gasteiger partial charge in [0.25, 0.3) is 0 Å². The zero-order chi connectivity index (χ0) is 86.4. The van der Waals surface area contributed by atoms with E-state index in [1.165, 1.54) is 90.2 Å². The first kappa shape index (κ1) is 85.8. The minimum absolute atomic E-state index is 0.134. The standard InChI is InChI=1S/C23H27N3.C22H26N4.2C19H26N4.C18H24N4/c1-17-11-6-7-12-19(17)25-18(2)26(21-14-9-8-13-20(21)25)23(3,4)22-15-10-16-24(22)5;1-16-10-6-8-12-19(16)25-14-15-26(17(25)2)22(3,4)21-23-18-11-7-9-13-20(18)24(21)5;1-14-9-7-8-10-17(14)22-11-12-23(16(22)3)19(4,5)18-13-20-15(2)21(18)6;1-14-9-7-8-10-17(14)22-11-12-23(16(22)3)19(4,5)18-13-15(2)20-21(18)6;1-14-8-6-7-9-16(14)21-12-13-22(15(21)2)18(3,4)17-19-10-11-20(17)5/h6-16,18H,1-5H3;6-15,17H,1-5H3;2*7-13,16H,1-6H3;6-13,15H,1-5H3/t18-;17-;2*16-;15-/m11111/s1. The molecule has 0 saturated heterocycles. The molecule has 10 heterocycles. The highest BCUT2D eigenvalue weighted by atomic mass is 15.5. The monoisotopic (exact) mass is 1610 g/mol. The van der Waals surface area contributed by atoms with Crippen molar-refractivity contribution in [2.75, 3.05) is 29.4 Å². The van der Waals surface area contributed by atoms with E-state index in [1.807, 2.05) is 57.3 Å². The number of rotatable bonds is 15. The highest BCUT2D eigenvalue weighted by molar-refractivity contribution is 5.85. The molecule has 628 valence electrons. The summed E-state index contributed by atoms with van der Waals surface area (Å²) in [5.74, 6) is 3.18. The number of hydrogen-bond donors (Lipinski definition) is 0. The molecule has 0 saturated carbocycles. The molecule has 5 aromatic heterocycles. The maximum absolute atomic E-state index is 4.95. The summed E-state index contributed by atoms with van der Waals surface area (Å²) in [4.78, 5) is 37.8. The van der Waals surface area contributed by atoms with Crippen LogP contribution in [0.1, 0.15) is 172 Å². The minimum Gasteiger partial charge on any atom is -0.352 e. The minimum atomic E-state index is -0.235. The first-order chi connectivity index (χ1) is 56.9. The van der Waals surface area contributed by atoms with E-state index in [1.54, 1.807) is 0 Å². The first-order valence-corrected chi connectivity index (χ1v) is 42.4. The van der Waals surface area contributed by atoms with E-state index in [4.69, 9.17) is 4.98 Å². The molecule has 120 heavy (non-hydrogen) atoms. The molecule has 12 aromatic rings. The number of aryl methyl sites for hydroxylation is 11. The summed E-state index contributed by atoms with van der Waals surface area (Å²) < 4.78 is 10.7. The molecule has 17 rings (SSSR count). The van der Waals surface area contributed by atoms with Gasteiger partial charge in [-0.2, -0.15) is 5.10 Å². The second kappa shape index (κ2) is 33.9. The van der Waals surface area contributed by atoms with E-state index >= 15 is 0 Å². The Bertz CT molecular complexity index is 5620. The number of benzene rings is 7. The van der Waals surface area contributed by atoms with Crippen molar-refractivity contribution in [1.82, 2.24) is 62.6 Å². The van der Waals surface area contributed by atoms with Crippen molar-refractivity contribution in [3.63, 3.8) is 0 Å². The van der Waals surface area contributed by atoms with Crippen LogP contribution in [0, 0.1) is 48.5 Å². The van der Waals surface area contributed by atoms with E-state index in [0.717, 1.165) is 28.7 Å². The molecule has 5 aliphatic heterocycles. The number of imidazole rings is 3. The van der Waals surface area contributed by atoms with E-state index in [2.05, 4.69) is 480 Å². The van der Waals surface area contributed by atoms with E-state index in [-0.39, 0.29) is 58.5 Å². The van der Waals surface area contributed by atoms with Crippen molar-refractivity contribution < 1.29 is 0 Å². The third kappa shape index (κ3) is 16.0. The van der Waals surface area contributed by atoms with Crippen molar-refractivity contribution in [2.24, 2.45) is 35.2 Å². The SMILES string of the molecule is Cc1cc(C(C)(C)N2C=CN(c3ccccc3C)[C@H]2C)n(C)n1.Cc1ccccc1N1C=CN(C(C)(C)c2cnc(C)n2C)[C@@H]1C.Cc1ccccc1N1C=CN(C(C)(C)c2nc3ccccc3n2C)[C@@H]1C.Cc1ccccc1N1C=CN(C(C)(C)c2nccn2C)[C@@H]1C.Cc1ccccc1N1c2ccccc2N(C(C)(C)c2cccn2C)[C@@H]1C. The number of para-hydroxylation sites is 9. The molecule has 0 amide bonds. The average Bonchev–Trinajstić information content (AvgIpc) is 1.58. The molecule has 0 radical (unpaired) electrons. The number of fused-ring (bicyclic) bond motifs is 2. The number of anilines is 7. The van der Waals surface area contributed by atoms with Gasteiger partial charge in [-0.1, -0.05) is 115 Å². The lowest BCUT2D eigenvalue weighted by Crippen LogP contribution is -2.50. The van der Waals surface area contributed by atoms with Gasteiger partial charge in [-0.3, -0.25) is 4.68 Å². The number of aromatic nitrogens is 9. The van der Waals surface area contributed by atoms with Crippen molar-refractivity contribution in [3.05, 3.63) is 331 Å². The highest BCUT2D eigenvalue weighted by Crippen LogP contribution is 2.51. The predicted molar refractivity (Wildman–Crippen MR) is 498 cm³/mol. The van der Waals surface area contributed by atoms with Gasteiger partial charge in [0, 0.05) is 138 Å². The Kier molecular flexibility index (Phi) is 24.3. The third-order valence-corrected chi connectivity index (χ3v) is 25.8. The molecule has 5 atom stereocenters. The van der Waals surface area contributed by atoms with E-state index < -0.39 is 0 Å². The van der Waals surface area contributed by atoms with Crippen LogP contribution >= 0.6 is 0 Å². The molecular weight excluding hydrogens is 1480 g/mol. The molecule has 0 aliphatic carbocycles. The molecule has 0 N–H and O–H groups in total. The average molecular weight is 1610 g/mol. The van der Waals surface area contributed by atoms with Crippen molar-refractivity contribution in [3.8, 4) is 0 Å². The second-order valence-electron chi connectivity index (χ2n) is 35.5. The van der Waals surface area contributed by atoms with Crippen LogP contribution in [0.15, 0.2) is 262 Å². The number of hydrogen-bond acceptors (Lipinski definition) is 14. The van der Waals surface area contributed by atoms with Crippen LogP contribution in [0.4, 0.5) is 39.8 Å². The Morgan fingerprint density at radius 2 is 0.700 bits per heavy atom. The van der Waals surface area contributed by atoms with Crippen LogP contribution in [0.5, 0.6) is 0 Å². The van der Waals surface area contributed by atoms with Gasteiger partial charge in [-0.15, -0.1) is 0 Å². The van der Waals surface area contributed by atoms with E-state index in [9.17, 15) is 0 Å². The van der Waals surface area contributed by atoms with Gasteiger partial charge in [-0.25, -0.2) is 15.0 Å². The van der Waals surface area contributed by atoms with Gasteiger partial charge >= 0.3 is 0 Å². The second-order valence-corrected chi connectivity index (χ2v) is 35.5. The Balaban J connectivity index is 0.000000130. The fourth-order valence-corrected chi connectivity index (χ4v) is 19.2. The molecule has 5 aliphatic rings. The van der Waals surface area contributed by atoms with Crippen molar-refractivity contribution in [2.45, 2.75) is 211 Å². The molecule has 0 fully saturated rings. The summed E-state index contributed by atoms with van der Waals surface area (Å²) >= 11 is 0. The predicted octanol–water partition coefficient (Wildman–Crippen LogP) is 21.8. The first-order valence-electron chi connectivity index (χ1n) is 42.4. The van der Waals surface area contributed by atoms with Crippen LogP contribution in [-0.4, -0.2) is 93.4 Å². The molecule has 0 unspecified atom stereocenters. The van der Waals surface area contributed by atoms with Gasteiger partial charge in [-0.05, 0) is 253 Å². The maximum Gasteiger partial charge on any atom is 0.135 e. The Hall–Kier alpha value is -12.1. The molecule has 7 aromatic carbocycles. The molecule has 0 bridgehead atoms. The Labute approximate surface area is 715 Å². The Morgan fingerprint density at radius 1 is 0.317 bits per heavy atom. The van der Waals surface area contributed by atoms with Gasteiger partial charge in [0.15, 0.2) is 0 Å². The summed E-state index contributed by atoms with van der Waals surface area (Å²) in [5.41, 5.74) is 21.5. The van der Waals surface area contributed by atoms with Gasteiger partial charge in [0.05, 0.1) is 73.4 Å². The Morgan fingerprint density at radius 3 is 1.07 bits per heavy atom. The normalized spacial score (nSPS) is 17.7. The fourth-order valence-electron chi connectivity index (χ4n) is 19.2. The van der Waals surface area contributed by atoms with Gasteiger partial charge in [0.1, 0.15) is 48.3 Å². The lowest BCUT2D eigenvalue weighted by molar-refractivity contribution is 0.140. The maximum atomic E-state index is 4.95. The lowest BCUT2D eigenvalue weighted by atomic mass is 9.96. The zero-order valence-corrected chi connectivity index (χ0v) is 76.2. The quantitative estimate of drug-likeness (QED) is 0.0971. The largest absolute Gasteiger partial charge is 0.352 e. The lowest BCUT2D eigenvalue weighted by Gasteiger charge is -2.42. The third-order valence-electron chi connectivity index (χ3n) is 25.8. The topological polar surface area (TPSA) is 109 Å². The summed E-state index contributed by atoms with van der Waals surface area (Å²) in [7, 11) is 10.4. The molecule has 19 nitrogen and oxygen atoms in total. The van der Waals surface area contributed by atoms with Crippen LogP contribution in [0.25, 0.3) is 11.0 Å². The smallest absolute Gasteiger partial charge is 0.135 e. The van der Waals surface area contributed by atoms with Crippen LogP contribution in [0.2, 0.25) is 0 Å². The molecule has 19 heteroatoms. The summed E-state index contributed by atoms with van der Waals surface area (Å²) in [6.45, 7) is 48.8. The van der Waals surface area contributed by atoms with E-state index in [0.29, 0.717) is 0 Å². The van der Waals surface area contributed by atoms with Crippen molar-refractivity contribution in [1.29, 1.82) is 0 Å². The van der Waals surface area contributed by atoms with Gasteiger partial charge in [0.2, 0.25) is 0 Å². The summed E-state index contributed by atoms with van der Waals surface area (Å²) in [6.07, 6.45) is 26.6. The molecular formula is C101H129N19. The highest BCUT2D eigenvalue weighted by Gasteiger charge is 2.46. The van der Waals surface area contributed by atoms with Crippen molar-refractivity contribution >= 4 is 50.8 Å². The molecule has 0 spiro atoms.